The van der Waals surface area contributed by atoms with Crippen LogP contribution in [0.5, 0.6) is 5.75 Å². The summed E-state index contributed by atoms with van der Waals surface area (Å²) >= 11 is 0. The van der Waals surface area contributed by atoms with E-state index in [2.05, 4.69) is 17.6 Å². The third-order valence-electron chi connectivity index (χ3n) is 3.66. The molecule has 0 aliphatic carbocycles. The van der Waals surface area contributed by atoms with Crippen molar-refractivity contribution in [2.45, 2.75) is 51.1 Å². The van der Waals surface area contributed by atoms with Crippen LogP contribution in [-0.2, 0) is 0 Å². The summed E-state index contributed by atoms with van der Waals surface area (Å²) in [5.74, 6) is -0.881. The summed E-state index contributed by atoms with van der Waals surface area (Å²) in [6.45, 7) is 3.21. The molecule has 0 bridgehead atoms. The van der Waals surface area contributed by atoms with Crippen LogP contribution in [0.25, 0.3) is 0 Å². The number of rotatable bonds is 4. The fourth-order valence-corrected chi connectivity index (χ4v) is 2.67. The lowest BCUT2D eigenvalue weighted by Crippen LogP contribution is -2.33. The maximum Gasteiger partial charge on any atom is 0.166 e. The van der Waals surface area contributed by atoms with E-state index in [1.165, 1.54) is 37.8 Å². The number of aromatic hydroxyl groups is 1. The second-order valence-electron chi connectivity index (χ2n) is 5.45. The zero-order valence-corrected chi connectivity index (χ0v) is 11.5. The summed E-state index contributed by atoms with van der Waals surface area (Å²) in [6, 6.07) is 5.25. The van der Waals surface area contributed by atoms with Gasteiger partial charge in [0.15, 0.2) is 11.6 Å². The summed E-state index contributed by atoms with van der Waals surface area (Å²) in [5, 5.41) is 16.0. The summed E-state index contributed by atoms with van der Waals surface area (Å²) in [5.41, 5.74) is 0.719. The number of benzene rings is 1. The number of anilines is 1. The highest BCUT2D eigenvalue weighted by Crippen LogP contribution is 2.21. The van der Waals surface area contributed by atoms with Crippen LogP contribution in [-0.4, -0.2) is 23.7 Å². The van der Waals surface area contributed by atoms with Gasteiger partial charge in [0.05, 0.1) is 0 Å². The first kappa shape index (κ1) is 14.1. The first-order valence-corrected chi connectivity index (χ1v) is 7.13. The van der Waals surface area contributed by atoms with Crippen LogP contribution in [0.1, 0.15) is 39.0 Å². The average molecular weight is 266 g/mol. The van der Waals surface area contributed by atoms with Crippen molar-refractivity contribution in [1.82, 2.24) is 5.32 Å². The molecule has 1 saturated heterocycles. The molecule has 1 fully saturated rings. The Bertz CT molecular complexity index is 403. The zero-order chi connectivity index (χ0) is 13.7. The third-order valence-corrected chi connectivity index (χ3v) is 3.66. The first-order valence-electron chi connectivity index (χ1n) is 7.13. The van der Waals surface area contributed by atoms with Gasteiger partial charge in [-0.2, -0.15) is 0 Å². The Morgan fingerprint density at radius 1 is 1.42 bits per heavy atom. The molecule has 1 aromatic rings. The molecule has 3 nitrogen and oxygen atoms in total. The normalized spacial score (nSPS) is 21.7. The van der Waals surface area contributed by atoms with Gasteiger partial charge in [-0.3, -0.25) is 0 Å². The minimum atomic E-state index is -0.579. The van der Waals surface area contributed by atoms with Gasteiger partial charge in [-0.1, -0.05) is 12.8 Å². The van der Waals surface area contributed by atoms with Gasteiger partial charge in [0.25, 0.3) is 0 Å². The highest BCUT2D eigenvalue weighted by atomic mass is 19.1. The van der Waals surface area contributed by atoms with Gasteiger partial charge in [-0.25, -0.2) is 4.39 Å². The topological polar surface area (TPSA) is 44.3 Å². The van der Waals surface area contributed by atoms with E-state index in [-0.39, 0.29) is 11.8 Å². The van der Waals surface area contributed by atoms with Crippen molar-refractivity contribution in [2.24, 2.45) is 0 Å². The van der Waals surface area contributed by atoms with Crippen molar-refractivity contribution in [3.63, 3.8) is 0 Å². The number of hydrogen-bond acceptors (Lipinski definition) is 3. The Morgan fingerprint density at radius 2 is 2.26 bits per heavy atom. The van der Waals surface area contributed by atoms with Crippen molar-refractivity contribution in [3.05, 3.63) is 24.0 Å². The first-order chi connectivity index (χ1) is 9.15. The van der Waals surface area contributed by atoms with Gasteiger partial charge < -0.3 is 15.7 Å². The molecular weight excluding hydrogens is 243 g/mol. The molecule has 3 N–H and O–H groups in total. The van der Waals surface area contributed by atoms with E-state index in [0.29, 0.717) is 6.04 Å². The molecule has 0 aromatic heterocycles. The number of phenolic OH excluding ortho intramolecular Hbond substituents is 1. The summed E-state index contributed by atoms with van der Waals surface area (Å²) in [4.78, 5) is 0. The molecule has 0 radical (unpaired) electrons. The van der Waals surface area contributed by atoms with Crippen LogP contribution in [0, 0.1) is 5.82 Å². The molecule has 0 spiro atoms. The predicted octanol–water partition coefficient (Wildman–Crippen LogP) is 3.25. The highest BCUT2D eigenvalue weighted by Gasteiger charge is 2.15. The molecule has 0 amide bonds. The Kier molecular flexibility index (Phi) is 5.02. The van der Waals surface area contributed by atoms with Crippen molar-refractivity contribution in [2.75, 3.05) is 11.9 Å². The molecule has 19 heavy (non-hydrogen) atoms. The minimum Gasteiger partial charge on any atom is -0.505 e. The van der Waals surface area contributed by atoms with Crippen molar-refractivity contribution in [3.8, 4) is 5.75 Å². The van der Waals surface area contributed by atoms with E-state index >= 15 is 0 Å². The predicted molar refractivity (Wildman–Crippen MR) is 76.0 cm³/mol. The van der Waals surface area contributed by atoms with Gasteiger partial charge in [-0.05, 0) is 44.9 Å². The lowest BCUT2D eigenvalue weighted by Gasteiger charge is -2.22. The molecular formula is C15H23FN2O. The third kappa shape index (κ3) is 4.39. The van der Waals surface area contributed by atoms with E-state index in [0.717, 1.165) is 18.7 Å². The quantitative estimate of drug-likeness (QED) is 0.733. The molecule has 106 valence electrons. The van der Waals surface area contributed by atoms with Crippen LogP contribution in [0.15, 0.2) is 18.2 Å². The number of hydrogen-bond donors (Lipinski definition) is 3. The maximum absolute atomic E-state index is 13.2. The van der Waals surface area contributed by atoms with Gasteiger partial charge in [0, 0.05) is 23.8 Å². The van der Waals surface area contributed by atoms with Gasteiger partial charge >= 0.3 is 0 Å². The van der Waals surface area contributed by atoms with E-state index in [1.54, 1.807) is 6.07 Å². The summed E-state index contributed by atoms with van der Waals surface area (Å²) in [7, 11) is 0. The monoisotopic (exact) mass is 266 g/mol. The number of phenols is 1. The van der Waals surface area contributed by atoms with Crippen molar-refractivity contribution in [1.29, 1.82) is 0 Å². The smallest absolute Gasteiger partial charge is 0.166 e. The minimum absolute atomic E-state index is 0.277. The van der Waals surface area contributed by atoms with Crippen LogP contribution in [0.2, 0.25) is 0 Å². The SMILES string of the molecule is CC(CC1CCCCCN1)Nc1ccc(O)c(F)c1. The molecule has 1 aliphatic rings. The largest absolute Gasteiger partial charge is 0.505 e. The van der Waals surface area contributed by atoms with Gasteiger partial charge in [0.2, 0.25) is 0 Å². The zero-order valence-electron chi connectivity index (χ0n) is 11.5. The highest BCUT2D eigenvalue weighted by molar-refractivity contribution is 5.47. The Morgan fingerprint density at radius 3 is 3.05 bits per heavy atom. The maximum atomic E-state index is 13.2. The lowest BCUT2D eigenvalue weighted by molar-refractivity contribution is 0.432. The molecule has 0 saturated carbocycles. The molecule has 2 atom stereocenters. The molecule has 2 rings (SSSR count). The molecule has 1 aliphatic heterocycles. The van der Waals surface area contributed by atoms with Crippen LogP contribution in [0.3, 0.4) is 0 Å². The van der Waals surface area contributed by atoms with Crippen LogP contribution in [0.4, 0.5) is 10.1 Å². The lowest BCUT2D eigenvalue weighted by atomic mass is 10.0. The van der Waals surface area contributed by atoms with Gasteiger partial charge in [0.1, 0.15) is 0 Å². The Hall–Kier alpha value is -1.29. The molecule has 4 heteroatoms. The summed E-state index contributed by atoms with van der Waals surface area (Å²) in [6.07, 6.45) is 6.12. The van der Waals surface area contributed by atoms with E-state index in [4.69, 9.17) is 5.11 Å². The fourth-order valence-electron chi connectivity index (χ4n) is 2.67. The van der Waals surface area contributed by atoms with E-state index in [9.17, 15) is 4.39 Å². The van der Waals surface area contributed by atoms with Crippen LogP contribution < -0.4 is 10.6 Å². The fraction of sp³-hybridized carbons (Fsp3) is 0.600. The van der Waals surface area contributed by atoms with Gasteiger partial charge in [-0.15, -0.1) is 0 Å². The van der Waals surface area contributed by atoms with E-state index in [1.807, 2.05) is 0 Å². The van der Waals surface area contributed by atoms with E-state index < -0.39 is 5.82 Å². The Labute approximate surface area is 114 Å². The number of halogens is 1. The number of nitrogens with one attached hydrogen (secondary N) is 2. The molecule has 1 heterocycles. The average Bonchev–Trinajstić information content (AvgIpc) is 2.62. The van der Waals surface area contributed by atoms with Crippen molar-refractivity contribution >= 4 is 5.69 Å². The van der Waals surface area contributed by atoms with Crippen molar-refractivity contribution < 1.29 is 9.50 Å². The second-order valence-corrected chi connectivity index (χ2v) is 5.45. The van der Waals surface area contributed by atoms with Crippen LogP contribution >= 0.6 is 0 Å². The second kappa shape index (κ2) is 6.75. The Balaban J connectivity index is 1.85. The molecule has 1 aromatic carbocycles. The standard InChI is InChI=1S/C15H23FN2O/c1-11(9-12-5-3-2-4-8-17-12)18-13-6-7-15(19)14(16)10-13/h6-7,10-12,17-19H,2-5,8-9H2,1H3. The summed E-state index contributed by atoms with van der Waals surface area (Å²) < 4.78 is 13.2. The molecule has 2 unspecified atom stereocenters.